The number of benzene rings is 2. The van der Waals surface area contributed by atoms with Gasteiger partial charge < -0.3 is 30.5 Å². The van der Waals surface area contributed by atoms with Gasteiger partial charge in [-0.2, -0.15) is 13.2 Å². The number of nitro groups is 1. The minimum atomic E-state index is -5.14. The van der Waals surface area contributed by atoms with E-state index in [0.717, 1.165) is 28.9 Å². The molecule has 0 aliphatic carbocycles. The lowest BCUT2D eigenvalue weighted by Gasteiger charge is -2.36. The van der Waals surface area contributed by atoms with Crippen LogP contribution in [0.25, 0.3) is 0 Å². The number of urea groups is 1. The number of alkyl halides is 5. The number of nitrogens with one attached hydrogen (secondary N) is 3. The van der Waals surface area contributed by atoms with Crippen LogP contribution in [0.3, 0.4) is 0 Å². The number of hydrogen-bond acceptors (Lipinski definition) is 9. The van der Waals surface area contributed by atoms with Crippen molar-refractivity contribution in [1.29, 1.82) is 0 Å². The molecular formula is C28H36Cl2F3N6O8P. The Morgan fingerprint density at radius 3 is 2.15 bits per heavy atom. The van der Waals surface area contributed by atoms with Gasteiger partial charge in [-0.1, -0.05) is 35.3 Å². The maximum Gasteiger partial charge on any atom is 0.471 e. The molecular weight excluding hydrogens is 707 g/mol. The Hall–Kier alpha value is -3.47. The molecule has 4 amide bonds. The summed E-state index contributed by atoms with van der Waals surface area (Å²) in [6.45, 7) is 1.27. The lowest BCUT2D eigenvalue weighted by molar-refractivity contribution is -0.384. The van der Waals surface area contributed by atoms with Crippen LogP contribution in [0.1, 0.15) is 30.6 Å². The van der Waals surface area contributed by atoms with Gasteiger partial charge in [0.05, 0.1) is 23.7 Å². The zero-order valence-electron chi connectivity index (χ0n) is 26.1. The maximum absolute atomic E-state index is 15.1. The van der Waals surface area contributed by atoms with E-state index in [9.17, 15) is 42.8 Å². The smallest absolute Gasteiger partial charge is 0.394 e. The summed E-state index contributed by atoms with van der Waals surface area (Å²) in [5.41, 5.74) is -0.210. The molecule has 0 aromatic heterocycles. The number of aliphatic hydroxyl groups excluding tert-OH is 1. The Morgan fingerprint density at radius 2 is 1.67 bits per heavy atom. The molecule has 0 aliphatic heterocycles. The molecule has 0 unspecified atom stereocenters. The van der Waals surface area contributed by atoms with Crippen molar-refractivity contribution < 1.29 is 46.7 Å². The van der Waals surface area contributed by atoms with E-state index in [1.807, 2.05) is 4.90 Å². The van der Waals surface area contributed by atoms with Crippen LogP contribution in [0.5, 0.6) is 0 Å². The van der Waals surface area contributed by atoms with Gasteiger partial charge in [0.1, 0.15) is 6.10 Å². The first kappa shape index (κ1) is 40.7. The summed E-state index contributed by atoms with van der Waals surface area (Å²) in [6, 6.07) is 7.37. The van der Waals surface area contributed by atoms with Crippen molar-refractivity contribution in [3.05, 3.63) is 69.8 Å². The second-order valence-electron chi connectivity index (χ2n) is 10.5. The topological polar surface area (TPSA) is 183 Å². The number of non-ortho nitro benzene ring substituents is 1. The van der Waals surface area contributed by atoms with Gasteiger partial charge in [-0.15, -0.1) is 0 Å². The summed E-state index contributed by atoms with van der Waals surface area (Å²) in [6.07, 6.45) is -6.88. The van der Waals surface area contributed by atoms with E-state index in [1.54, 1.807) is 26.3 Å². The number of carbonyl (C=O) groups excluding carboxylic acids is 3. The number of anilines is 1. The highest BCUT2D eigenvalue weighted by atomic mass is 35.5. The first-order valence-electron chi connectivity index (χ1n) is 14.3. The van der Waals surface area contributed by atoms with Gasteiger partial charge in [-0.05, 0) is 69.4 Å². The van der Waals surface area contributed by atoms with E-state index < -0.39 is 66.2 Å². The van der Waals surface area contributed by atoms with Gasteiger partial charge in [0.25, 0.3) is 11.6 Å². The number of nitrogens with zero attached hydrogens (tertiary/aromatic N) is 3. The number of hydrogen-bond donors (Lipinski definition) is 4. The molecule has 48 heavy (non-hydrogen) atoms. The molecule has 20 heteroatoms. The van der Waals surface area contributed by atoms with Crippen LogP contribution in [0.4, 0.5) is 29.3 Å². The second kappa shape index (κ2) is 18.3. The van der Waals surface area contributed by atoms with Gasteiger partial charge in [0.2, 0.25) is 0 Å². The van der Waals surface area contributed by atoms with E-state index in [4.69, 9.17) is 27.7 Å². The summed E-state index contributed by atoms with van der Waals surface area (Å²) in [5, 5.41) is 28.3. The molecule has 0 radical (unpaired) electrons. The van der Waals surface area contributed by atoms with Gasteiger partial charge in [0, 0.05) is 30.9 Å². The average Bonchev–Trinajstić information content (AvgIpc) is 3.01. The fourth-order valence-corrected chi connectivity index (χ4v) is 6.84. The number of aliphatic hydroxyl groups is 1. The minimum absolute atomic E-state index is 0.107. The molecule has 2 rings (SSSR count). The van der Waals surface area contributed by atoms with Crippen molar-refractivity contribution in [2.45, 2.75) is 42.7 Å². The van der Waals surface area contributed by atoms with Crippen LogP contribution in [0, 0.1) is 10.1 Å². The van der Waals surface area contributed by atoms with E-state index >= 15 is 4.57 Å². The van der Waals surface area contributed by atoms with E-state index in [0.29, 0.717) is 13.0 Å². The standard InChI is InChI=1S/C28H36Cl2F3N6O8P/c1-4-34-27(43)38(15-5-14-37(2)3)48(46,17-18-6-10-20(11-7-18)35-26(42)28(31,32)33)47-23(22(16-40)36-25(41)24(29)30)19-8-12-21(13-9-19)39(44)45/h6-13,22-24,40H,4-5,14-17H2,1-3H3,(H,34,43)(H,35,42)(H,36,41)/t22-,23-,48+/m1/s1. The molecule has 0 bridgehead atoms. The fourth-order valence-electron chi connectivity index (χ4n) is 4.27. The number of nitro benzene ring substituents is 1. The van der Waals surface area contributed by atoms with Crippen molar-refractivity contribution in [3.63, 3.8) is 0 Å². The zero-order valence-corrected chi connectivity index (χ0v) is 28.5. The Bertz CT molecular complexity index is 1450. The monoisotopic (exact) mass is 742 g/mol. The molecule has 2 aromatic rings. The molecule has 266 valence electrons. The van der Waals surface area contributed by atoms with Crippen molar-refractivity contribution in [2.24, 2.45) is 0 Å². The van der Waals surface area contributed by atoms with E-state index in [1.165, 1.54) is 24.3 Å². The number of amides is 4. The van der Waals surface area contributed by atoms with Crippen molar-refractivity contribution >= 4 is 59.9 Å². The van der Waals surface area contributed by atoms with Gasteiger partial charge >= 0.3 is 25.6 Å². The van der Waals surface area contributed by atoms with Crippen LogP contribution < -0.4 is 16.0 Å². The quantitative estimate of drug-likeness (QED) is 0.0765. The van der Waals surface area contributed by atoms with E-state index in [-0.39, 0.29) is 35.6 Å². The molecule has 2 aromatic carbocycles. The summed E-state index contributed by atoms with van der Waals surface area (Å²) in [7, 11) is -0.913. The third kappa shape index (κ3) is 12.2. The molecule has 0 spiro atoms. The normalized spacial score (nSPS) is 14.1. The highest BCUT2D eigenvalue weighted by Gasteiger charge is 2.42. The Balaban J connectivity index is 2.69. The predicted octanol–water partition coefficient (Wildman–Crippen LogP) is 4.81. The Kier molecular flexibility index (Phi) is 15.5. The third-order valence-corrected chi connectivity index (χ3v) is 9.39. The molecule has 0 fully saturated rings. The van der Waals surface area contributed by atoms with Crippen LogP contribution in [-0.2, 0) is 24.8 Å². The first-order chi connectivity index (χ1) is 22.4. The molecule has 0 saturated carbocycles. The third-order valence-electron chi connectivity index (χ3n) is 6.56. The number of halogens is 5. The highest BCUT2D eigenvalue weighted by Crippen LogP contribution is 2.57. The molecule has 0 aliphatic rings. The van der Waals surface area contributed by atoms with Crippen LogP contribution in [0.2, 0.25) is 0 Å². The fraction of sp³-hybridized carbons (Fsp3) is 0.464. The Morgan fingerprint density at radius 1 is 1.06 bits per heavy atom. The molecule has 3 atom stereocenters. The molecule has 14 nitrogen and oxygen atoms in total. The average molecular weight is 744 g/mol. The van der Waals surface area contributed by atoms with Crippen LogP contribution in [-0.4, -0.2) is 94.8 Å². The van der Waals surface area contributed by atoms with Crippen molar-refractivity contribution in [2.75, 3.05) is 45.7 Å². The van der Waals surface area contributed by atoms with Crippen molar-refractivity contribution in [1.82, 2.24) is 20.2 Å². The largest absolute Gasteiger partial charge is 0.471 e. The first-order valence-corrected chi connectivity index (χ1v) is 16.9. The number of rotatable bonds is 17. The second-order valence-corrected chi connectivity index (χ2v) is 13.9. The predicted molar refractivity (Wildman–Crippen MR) is 173 cm³/mol. The summed E-state index contributed by atoms with van der Waals surface area (Å²) < 4.78 is 60.6. The summed E-state index contributed by atoms with van der Waals surface area (Å²) in [5.74, 6) is -3.16. The molecule has 4 N–H and O–H groups in total. The van der Waals surface area contributed by atoms with Crippen LogP contribution in [0.15, 0.2) is 48.5 Å². The molecule has 0 saturated heterocycles. The Labute approximate surface area is 284 Å². The lowest BCUT2D eigenvalue weighted by Crippen LogP contribution is -2.46. The summed E-state index contributed by atoms with van der Waals surface area (Å²) >= 11 is 11.4. The summed E-state index contributed by atoms with van der Waals surface area (Å²) in [4.78, 5) is 48.2. The van der Waals surface area contributed by atoms with Crippen LogP contribution >= 0.6 is 30.7 Å². The SMILES string of the molecule is CCNC(=O)N(CCCN(C)C)[P@](=O)(Cc1ccc(NC(=O)C(F)(F)F)cc1)O[C@H](c1ccc([N+](=O)[O-])cc1)[C@@H](CO)NC(=O)C(Cl)Cl. The van der Waals surface area contributed by atoms with E-state index in [2.05, 4.69) is 10.6 Å². The van der Waals surface area contributed by atoms with Gasteiger partial charge in [0.15, 0.2) is 4.84 Å². The van der Waals surface area contributed by atoms with Crippen molar-refractivity contribution in [3.8, 4) is 0 Å². The number of carbonyl (C=O) groups is 3. The van der Waals surface area contributed by atoms with Gasteiger partial charge in [-0.25, -0.2) is 4.79 Å². The maximum atomic E-state index is 15.1. The molecule has 0 heterocycles. The highest BCUT2D eigenvalue weighted by molar-refractivity contribution is 7.56. The lowest BCUT2D eigenvalue weighted by atomic mass is 10.0. The van der Waals surface area contributed by atoms with Gasteiger partial charge in [-0.3, -0.25) is 28.9 Å². The zero-order chi connectivity index (χ0) is 36.2. The minimum Gasteiger partial charge on any atom is -0.394 e.